The molecule has 1 aromatic heterocycles. The molecule has 45 heavy (non-hydrogen) atoms. The summed E-state index contributed by atoms with van der Waals surface area (Å²) in [5, 5.41) is 0.420. The summed E-state index contributed by atoms with van der Waals surface area (Å²) in [4.78, 5) is 44.0. The molecule has 0 radical (unpaired) electrons. The van der Waals surface area contributed by atoms with Crippen LogP contribution in [0.3, 0.4) is 0 Å². The number of carbonyl (C=O) groups excluding carboxylic acids is 2. The first kappa shape index (κ1) is 31.7. The topological polar surface area (TPSA) is 105 Å². The van der Waals surface area contributed by atoms with E-state index in [-0.39, 0.29) is 30.3 Å². The predicted molar refractivity (Wildman–Crippen MR) is 172 cm³/mol. The summed E-state index contributed by atoms with van der Waals surface area (Å²) >= 11 is 7.80. The third-order valence-corrected chi connectivity index (χ3v) is 8.39. The number of methoxy groups -OCH3 is 1. The zero-order valence-electron chi connectivity index (χ0n) is 25.2. The average molecular weight is 647 g/mol. The Hall–Kier alpha value is -4.67. The lowest BCUT2D eigenvalue weighted by Gasteiger charge is -2.25. The lowest BCUT2D eigenvalue weighted by molar-refractivity contribution is -0.139. The number of allylic oxidation sites excluding steroid dienone is 1. The van der Waals surface area contributed by atoms with E-state index >= 15 is 0 Å². The van der Waals surface area contributed by atoms with Gasteiger partial charge in [-0.2, -0.15) is 0 Å². The summed E-state index contributed by atoms with van der Waals surface area (Å²) in [6.45, 7) is 5.96. The molecule has 2 heterocycles. The monoisotopic (exact) mass is 646 g/mol. The van der Waals surface area contributed by atoms with E-state index in [0.717, 1.165) is 5.56 Å². The Morgan fingerprint density at radius 2 is 1.69 bits per heavy atom. The summed E-state index contributed by atoms with van der Waals surface area (Å²) in [5.74, 6) is 0.0740. The minimum atomic E-state index is -0.798. The predicted octanol–water partition coefficient (Wildman–Crippen LogP) is 5.22. The molecule has 3 aromatic carbocycles. The van der Waals surface area contributed by atoms with Gasteiger partial charge in [0, 0.05) is 5.02 Å². The molecular weight excluding hydrogens is 616 g/mol. The molecule has 11 heteroatoms. The van der Waals surface area contributed by atoms with Crippen molar-refractivity contribution >= 4 is 41.0 Å². The van der Waals surface area contributed by atoms with Gasteiger partial charge in [-0.05, 0) is 73.9 Å². The number of hydrogen-bond acceptors (Lipinski definition) is 9. The number of thiazole rings is 1. The van der Waals surface area contributed by atoms with Crippen LogP contribution in [0.4, 0.5) is 0 Å². The Morgan fingerprint density at radius 3 is 2.38 bits per heavy atom. The molecule has 5 rings (SSSR count). The fraction of sp³-hybridized carbons (Fsp3) is 0.235. The van der Waals surface area contributed by atoms with E-state index < -0.39 is 12.0 Å². The molecule has 0 N–H and O–H groups in total. The van der Waals surface area contributed by atoms with Gasteiger partial charge in [0.25, 0.3) is 5.56 Å². The summed E-state index contributed by atoms with van der Waals surface area (Å²) < 4.78 is 23.9. The molecule has 0 unspecified atom stereocenters. The van der Waals surface area contributed by atoms with Gasteiger partial charge in [-0.1, -0.05) is 59.3 Å². The van der Waals surface area contributed by atoms with Gasteiger partial charge in [0.2, 0.25) is 0 Å². The molecular formula is C34H31ClN2O7S. The lowest BCUT2D eigenvalue weighted by Crippen LogP contribution is -2.40. The number of benzene rings is 3. The van der Waals surface area contributed by atoms with E-state index in [1.54, 1.807) is 81.4 Å². The number of rotatable bonds is 10. The Morgan fingerprint density at radius 1 is 0.978 bits per heavy atom. The Labute approximate surface area is 268 Å². The van der Waals surface area contributed by atoms with E-state index in [4.69, 9.17) is 30.5 Å². The minimum absolute atomic E-state index is 0.179. The highest BCUT2D eigenvalue weighted by atomic mass is 35.5. The van der Waals surface area contributed by atoms with E-state index in [0.29, 0.717) is 54.8 Å². The van der Waals surface area contributed by atoms with Crippen molar-refractivity contribution in [3.63, 3.8) is 0 Å². The van der Waals surface area contributed by atoms with Crippen molar-refractivity contribution in [1.82, 2.24) is 4.57 Å². The van der Waals surface area contributed by atoms with Crippen LogP contribution < -0.4 is 24.4 Å². The van der Waals surface area contributed by atoms with Crippen molar-refractivity contribution in [2.45, 2.75) is 33.4 Å². The number of nitrogens with zero attached hydrogens (tertiary/aromatic N) is 2. The number of hydrogen-bond donors (Lipinski definition) is 0. The Bertz CT molecular complexity index is 1960. The number of carbonyl (C=O) groups is 2. The van der Waals surface area contributed by atoms with Crippen LogP contribution in [0.25, 0.3) is 6.08 Å². The lowest BCUT2D eigenvalue weighted by atomic mass is 9.96. The smallest absolute Gasteiger partial charge is 0.338 e. The molecule has 9 nitrogen and oxygen atoms in total. The van der Waals surface area contributed by atoms with Gasteiger partial charge in [-0.3, -0.25) is 9.36 Å². The minimum Gasteiger partial charge on any atom is -0.493 e. The van der Waals surface area contributed by atoms with E-state index in [2.05, 4.69) is 4.99 Å². The zero-order chi connectivity index (χ0) is 32.1. The van der Waals surface area contributed by atoms with Crippen LogP contribution in [0.15, 0.2) is 87.8 Å². The maximum atomic E-state index is 13.9. The molecule has 1 aliphatic heterocycles. The first-order valence-corrected chi connectivity index (χ1v) is 15.5. The SMILES string of the molecule is CCOC(=O)C1=C(C)N=c2s/c(=C\c3ccc(OCc4ccc(C(=O)OCC)cc4)c(OC)c3)c(=O)n2[C@@H]1c1ccccc1Cl. The Kier molecular flexibility index (Phi) is 9.85. The molecule has 0 saturated carbocycles. The van der Waals surface area contributed by atoms with E-state index in [1.165, 1.54) is 23.0 Å². The van der Waals surface area contributed by atoms with Crippen molar-refractivity contribution in [2.24, 2.45) is 4.99 Å². The summed E-state index contributed by atoms with van der Waals surface area (Å²) in [6.07, 6.45) is 1.75. The van der Waals surface area contributed by atoms with Crippen LogP contribution >= 0.6 is 22.9 Å². The highest BCUT2D eigenvalue weighted by molar-refractivity contribution is 7.07. The molecule has 4 aromatic rings. The second-order valence-electron chi connectivity index (χ2n) is 9.94. The number of aromatic nitrogens is 1. The van der Waals surface area contributed by atoms with Gasteiger partial charge >= 0.3 is 11.9 Å². The first-order valence-electron chi connectivity index (χ1n) is 14.3. The summed E-state index contributed by atoms with van der Waals surface area (Å²) in [5.41, 5.74) is 3.05. The number of ether oxygens (including phenoxy) is 4. The molecule has 0 spiro atoms. The highest BCUT2D eigenvalue weighted by Crippen LogP contribution is 2.34. The molecule has 1 atom stereocenters. The quantitative estimate of drug-likeness (QED) is 0.218. The van der Waals surface area contributed by atoms with Gasteiger partial charge in [0.05, 0.1) is 41.7 Å². The van der Waals surface area contributed by atoms with Crippen LogP contribution in [-0.4, -0.2) is 36.8 Å². The second-order valence-corrected chi connectivity index (χ2v) is 11.4. The average Bonchev–Trinajstić information content (AvgIpc) is 3.34. The van der Waals surface area contributed by atoms with Crippen molar-refractivity contribution in [3.8, 4) is 11.5 Å². The maximum Gasteiger partial charge on any atom is 0.338 e. The van der Waals surface area contributed by atoms with E-state index in [1.807, 2.05) is 12.1 Å². The van der Waals surface area contributed by atoms with Crippen molar-refractivity contribution in [1.29, 1.82) is 0 Å². The number of halogens is 1. The molecule has 1 aliphatic rings. The third-order valence-electron chi connectivity index (χ3n) is 7.06. The number of fused-ring (bicyclic) bond motifs is 1. The molecule has 0 fully saturated rings. The molecule has 0 saturated heterocycles. The second kappa shape index (κ2) is 14.0. The van der Waals surface area contributed by atoms with Crippen molar-refractivity contribution in [2.75, 3.05) is 20.3 Å². The van der Waals surface area contributed by atoms with Crippen LogP contribution in [0.2, 0.25) is 5.02 Å². The van der Waals surface area contributed by atoms with Gasteiger partial charge < -0.3 is 18.9 Å². The zero-order valence-corrected chi connectivity index (χ0v) is 26.7. The third kappa shape index (κ3) is 6.72. The van der Waals surface area contributed by atoms with Gasteiger partial charge in [-0.25, -0.2) is 14.6 Å². The van der Waals surface area contributed by atoms with E-state index in [9.17, 15) is 14.4 Å². The largest absolute Gasteiger partial charge is 0.493 e. The molecule has 0 aliphatic carbocycles. The fourth-order valence-electron chi connectivity index (χ4n) is 4.94. The number of esters is 2. The van der Waals surface area contributed by atoms with Crippen molar-refractivity contribution < 1.29 is 28.5 Å². The van der Waals surface area contributed by atoms with Gasteiger partial charge in [-0.15, -0.1) is 0 Å². The van der Waals surface area contributed by atoms with Crippen molar-refractivity contribution in [3.05, 3.63) is 125 Å². The van der Waals surface area contributed by atoms with Crippen LogP contribution in [0.5, 0.6) is 11.5 Å². The Balaban J connectivity index is 1.46. The summed E-state index contributed by atoms with van der Waals surface area (Å²) in [6, 6.07) is 18.7. The fourth-order valence-corrected chi connectivity index (χ4v) is 6.23. The molecule has 0 amide bonds. The summed E-state index contributed by atoms with van der Waals surface area (Å²) in [7, 11) is 1.54. The van der Waals surface area contributed by atoms with Gasteiger partial charge in [0.15, 0.2) is 16.3 Å². The van der Waals surface area contributed by atoms with Gasteiger partial charge in [0.1, 0.15) is 12.6 Å². The maximum absolute atomic E-state index is 13.9. The standard InChI is InChI=1S/C34H31ClN2O7S/c1-5-42-32(39)23-14-11-21(12-15-23)19-44-26-16-13-22(17-27(26)41-4)18-28-31(38)37-30(24-9-7-8-10-25(24)35)29(33(40)43-6-2)20(3)36-34(37)45-28/h7-18,30H,5-6,19H2,1-4H3/b28-18-/t30-/m1/s1. The normalized spacial score (nSPS) is 14.4. The van der Waals surface area contributed by atoms with Crippen LogP contribution in [0.1, 0.15) is 53.9 Å². The van der Waals surface area contributed by atoms with Crippen LogP contribution in [-0.2, 0) is 20.9 Å². The van der Waals surface area contributed by atoms with Crippen LogP contribution in [0, 0.1) is 0 Å². The highest BCUT2D eigenvalue weighted by Gasteiger charge is 2.34. The molecule has 0 bridgehead atoms. The first-order chi connectivity index (χ1) is 21.7. The molecule has 232 valence electrons.